The molecule has 1 heterocycles. The molecule has 0 spiro atoms. The zero-order valence-corrected chi connectivity index (χ0v) is 15.1. The molecule has 128 valence electrons. The Kier molecular flexibility index (Phi) is 4.97. The second kappa shape index (κ2) is 7.17. The van der Waals surface area contributed by atoms with Gasteiger partial charge in [-0.2, -0.15) is 5.10 Å². The third kappa shape index (κ3) is 3.62. The van der Waals surface area contributed by atoms with Crippen LogP contribution in [0, 0.1) is 0 Å². The molecule has 7 heteroatoms. The molecule has 0 radical (unpaired) electrons. The monoisotopic (exact) mass is 375 g/mol. The Morgan fingerprint density at radius 3 is 2.68 bits per heavy atom. The van der Waals surface area contributed by atoms with Crippen LogP contribution in [0.3, 0.4) is 0 Å². The van der Waals surface area contributed by atoms with Gasteiger partial charge in [0.1, 0.15) is 5.75 Å². The predicted molar refractivity (Wildman–Crippen MR) is 100 cm³/mol. The number of halogens is 2. The number of hydrogen-bond acceptors (Lipinski definition) is 3. The van der Waals surface area contributed by atoms with Crippen molar-refractivity contribution in [2.45, 2.75) is 6.92 Å². The lowest BCUT2D eigenvalue weighted by atomic mass is 10.0. The van der Waals surface area contributed by atoms with Crippen molar-refractivity contribution in [3.05, 3.63) is 52.5 Å². The minimum atomic E-state index is -0.227. The molecule has 0 aliphatic carbocycles. The van der Waals surface area contributed by atoms with E-state index in [2.05, 4.69) is 15.5 Å². The average Bonchev–Trinajstić information content (AvgIpc) is 2.97. The van der Waals surface area contributed by atoms with E-state index in [1.54, 1.807) is 25.3 Å². The number of nitrogens with zero attached hydrogens (tertiary/aromatic N) is 1. The fourth-order valence-electron chi connectivity index (χ4n) is 2.54. The van der Waals surface area contributed by atoms with E-state index >= 15 is 0 Å². The number of anilines is 1. The van der Waals surface area contributed by atoms with Crippen molar-refractivity contribution in [2.24, 2.45) is 0 Å². The van der Waals surface area contributed by atoms with Gasteiger partial charge in [0.2, 0.25) is 5.91 Å². The van der Waals surface area contributed by atoms with Crippen LogP contribution in [-0.2, 0) is 4.79 Å². The van der Waals surface area contributed by atoms with Gasteiger partial charge in [-0.15, -0.1) is 0 Å². The maximum absolute atomic E-state index is 11.5. The van der Waals surface area contributed by atoms with E-state index in [1.807, 2.05) is 24.3 Å². The van der Waals surface area contributed by atoms with Crippen molar-refractivity contribution in [1.82, 2.24) is 10.2 Å². The van der Waals surface area contributed by atoms with E-state index in [9.17, 15) is 4.79 Å². The molecule has 2 N–H and O–H groups in total. The minimum Gasteiger partial charge on any atom is -0.497 e. The highest BCUT2D eigenvalue weighted by atomic mass is 35.5. The van der Waals surface area contributed by atoms with Crippen LogP contribution in [-0.4, -0.2) is 23.2 Å². The average molecular weight is 376 g/mol. The van der Waals surface area contributed by atoms with E-state index < -0.39 is 0 Å². The maximum atomic E-state index is 11.5. The van der Waals surface area contributed by atoms with Gasteiger partial charge in [-0.05, 0) is 24.3 Å². The highest BCUT2D eigenvalue weighted by Gasteiger charge is 2.20. The fourth-order valence-corrected chi connectivity index (χ4v) is 3.04. The largest absolute Gasteiger partial charge is 0.497 e. The summed E-state index contributed by atoms with van der Waals surface area (Å²) >= 11 is 12.4. The number of hydrogen-bond donors (Lipinski definition) is 2. The molecule has 3 rings (SSSR count). The Morgan fingerprint density at radius 1 is 1.20 bits per heavy atom. The van der Waals surface area contributed by atoms with Crippen LogP contribution in [0.2, 0.25) is 10.0 Å². The Bertz CT molecular complexity index is 938. The van der Waals surface area contributed by atoms with E-state index in [-0.39, 0.29) is 5.91 Å². The fraction of sp³-hybridized carbons (Fsp3) is 0.111. The highest BCUT2D eigenvalue weighted by molar-refractivity contribution is 6.36. The molecule has 0 fully saturated rings. The number of carbonyl (C=O) groups excluding carboxylic acids is 1. The van der Waals surface area contributed by atoms with E-state index in [1.165, 1.54) is 6.92 Å². The van der Waals surface area contributed by atoms with Gasteiger partial charge < -0.3 is 10.1 Å². The van der Waals surface area contributed by atoms with Gasteiger partial charge in [0.15, 0.2) is 5.82 Å². The van der Waals surface area contributed by atoms with Gasteiger partial charge in [-0.3, -0.25) is 9.89 Å². The Balaban J connectivity index is 2.22. The summed E-state index contributed by atoms with van der Waals surface area (Å²) in [7, 11) is 1.60. The first kappa shape index (κ1) is 17.3. The lowest BCUT2D eigenvalue weighted by Crippen LogP contribution is -2.07. The summed E-state index contributed by atoms with van der Waals surface area (Å²) in [5.41, 5.74) is 2.96. The maximum Gasteiger partial charge on any atom is 0.222 e. The highest BCUT2D eigenvalue weighted by Crippen LogP contribution is 2.41. The van der Waals surface area contributed by atoms with Gasteiger partial charge in [-0.25, -0.2) is 0 Å². The molecule has 2 aromatic carbocycles. The second-order valence-corrected chi connectivity index (χ2v) is 6.20. The van der Waals surface area contributed by atoms with Crippen molar-refractivity contribution in [3.8, 4) is 28.1 Å². The molecule has 1 aromatic heterocycles. The van der Waals surface area contributed by atoms with E-state index in [0.29, 0.717) is 38.4 Å². The molecule has 0 aliphatic heterocycles. The van der Waals surface area contributed by atoms with Gasteiger partial charge >= 0.3 is 0 Å². The van der Waals surface area contributed by atoms with E-state index in [0.717, 1.165) is 5.56 Å². The summed E-state index contributed by atoms with van der Waals surface area (Å²) in [6.07, 6.45) is 0. The van der Waals surface area contributed by atoms with Gasteiger partial charge in [0.05, 0.1) is 23.4 Å². The predicted octanol–water partition coefficient (Wildman–Crippen LogP) is 5.02. The summed E-state index contributed by atoms with van der Waals surface area (Å²) in [6, 6.07) is 12.7. The summed E-state index contributed by atoms with van der Waals surface area (Å²) in [6.45, 7) is 1.42. The molecule has 3 aromatic rings. The number of nitrogens with one attached hydrogen (secondary N) is 2. The Hall–Kier alpha value is -2.50. The normalized spacial score (nSPS) is 10.6. The summed E-state index contributed by atoms with van der Waals surface area (Å²) in [5, 5.41) is 10.9. The van der Waals surface area contributed by atoms with Crippen molar-refractivity contribution in [3.63, 3.8) is 0 Å². The molecule has 25 heavy (non-hydrogen) atoms. The SMILES string of the molecule is COc1cccc(-c2[nH]nc(NC(C)=O)c2-c2ccc(Cl)cc2Cl)c1. The van der Waals surface area contributed by atoms with Crippen molar-refractivity contribution >= 4 is 34.9 Å². The number of aromatic nitrogens is 2. The number of benzene rings is 2. The first-order valence-corrected chi connectivity index (χ1v) is 8.21. The molecule has 0 bridgehead atoms. The zero-order chi connectivity index (χ0) is 18.0. The summed E-state index contributed by atoms with van der Waals surface area (Å²) in [4.78, 5) is 11.5. The zero-order valence-electron chi connectivity index (χ0n) is 13.6. The van der Waals surface area contributed by atoms with E-state index in [4.69, 9.17) is 27.9 Å². The third-order valence-electron chi connectivity index (χ3n) is 3.62. The number of amides is 1. The molecule has 0 aliphatic rings. The standard InChI is InChI=1S/C18H15Cl2N3O2/c1-10(24)21-18-16(14-7-6-12(19)9-15(14)20)17(22-23-18)11-4-3-5-13(8-11)25-2/h3-9H,1-2H3,(H2,21,22,23,24). The molecule has 0 saturated heterocycles. The molecule has 0 saturated carbocycles. The molecular formula is C18H15Cl2N3O2. The van der Waals surface area contributed by atoms with Crippen LogP contribution >= 0.6 is 23.2 Å². The van der Waals surface area contributed by atoms with Crippen LogP contribution in [0.1, 0.15) is 6.92 Å². The summed E-state index contributed by atoms with van der Waals surface area (Å²) < 4.78 is 5.29. The van der Waals surface area contributed by atoms with Crippen molar-refractivity contribution in [2.75, 3.05) is 12.4 Å². The molecule has 1 amide bonds. The number of ether oxygens (including phenoxy) is 1. The van der Waals surface area contributed by atoms with Crippen LogP contribution in [0.25, 0.3) is 22.4 Å². The van der Waals surface area contributed by atoms with Crippen LogP contribution in [0.4, 0.5) is 5.82 Å². The van der Waals surface area contributed by atoms with Crippen LogP contribution < -0.4 is 10.1 Å². The minimum absolute atomic E-state index is 0.227. The lowest BCUT2D eigenvalue weighted by molar-refractivity contribution is -0.114. The van der Waals surface area contributed by atoms with Crippen molar-refractivity contribution < 1.29 is 9.53 Å². The number of rotatable bonds is 4. The molecular weight excluding hydrogens is 361 g/mol. The van der Waals surface area contributed by atoms with Crippen molar-refractivity contribution in [1.29, 1.82) is 0 Å². The van der Waals surface area contributed by atoms with Crippen LogP contribution in [0.5, 0.6) is 5.75 Å². The molecule has 5 nitrogen and oxygen atoms in total. The molecule has 0 unspecified atom stereocenters. The van der Waals surface area contributed by atoms with Crippen LogP contribution in [0.15, 0.2) is 42.5 Å². The van der Waals surface area contributed by atoms with Gasteiger partial charge in [0.25, 0.3) is 0 Å². The number of aromatic amines is 1. The first-order chi connectivity index (χ1) is 12.0. The lowest BCUT2D eigenvalue weighted by Gasteiger charge is -2.10. The molecule has 0 atom stereocenters. The van der Waals surface area contributed by atoms with Gasteiger partial charge in [0, 0.05) is 23.1 Å². The topological polar surface area (TPSA) is 67.0 Å². The first-order valence-electron chi connectivity index (χ1n) is 7.45. The Labute approximate surface area is 154 Å². The number of methoxy groups -OCH3 is 1. The number of H-pyrrole nitrogens is 1. The number of carbonyl (C=O) groups is 1. The summed E-state index contributed by atoms with van der Waals surface area (Å²) in [5.74, 6) is 0.880. The quantitative estimate of drug-likeness (QED) is 0.672. The van der Waals surface area contributed by atoms with Gasteiger partial charge in [-0.1, -0.05) is 41.4 Å². The second-order valence-electron chi connectivity index (χ2n) is 5.36. The smallest absolute Gasteiger partial charge is 0.222 e. The Morgan fingerprint density at radius 2 is 2.00 bits per heavy atom. The third-order valence-corrected chi connectivity index (χ3v) is 4.17.